The zero-order chi connectivity index (χ0) is 12.3. The number of aliphatic hydroxyl groups excluding tert-OH is 1. The lowest BCUT2D eigenvalue weighted by atomic mass is 10.2. The highest BCUT2D eigenvalue weighted by molar-refractivity contribution is 7.11. The fourth-order valence-corrected chi connectivity index (χ4v) is 2.09. The summed E-state index contributed by atoms with van der Waals surface area (Å²) in [6.07, 6.45) is 0.649. The van der Waals surface area contributed by atoms with Crippen LogP contribution in [-0.4, -0.2) is 22.5 Å². The number of aryl methyl sites for hydroxylation is 1. The molecule has 17 heavy (non-hydrogen) atoms. The third kappa shape index (κ3) is 2.72. The third-order valence-electron chi connectivity index (χ3n) is 2.28. The van der Waals surface area contributed by atoms with E-state index in [2.05, 4.69) is 10.3 Å². The molecule has 2 aromatic heterocycles. The molecule has 0 aliphatic carbocycles. The zero-order valence-corrected chi connectivity index (χ0v) is 10.0. The Hall–Kier alpha value is -1.66. The van der Waals surface area contributed by atoms with Crippen molar-refractivity contribution in [3.05, 3.63) is 40.2 Å². The molecule has 1 amide bonds. The molecule has 0 spiro atoms. The van der Waals surface area contributed by atoms with Crippen molar-refractivity contribution in [1.82, 2.24) is 10.3 Å². The van der Waals surface area contributed by atoms with Gasteiger partial charge in [0.1, 0.15) is 16.7 Å². The number of rotatable bonds is 4. The number of aromatic nitrogens is 1. The van der Waals surface area contributed by atoms with Gasteiger partial charge in [0.2, 0.25) is 0 Å². The average Bonchev–Trinajstić information content (AvgIpc) is 2.95. The van der Waals surface area contributed by atoms with E-state index in [0.717, 1.165) is 0 Å². The summed E-state index contributed by atoms with van der Waals surface area (Å²) in [5.74, 6) is 0.210. The monoisotopic (exact) mass is 252 g/mol. The summed E-state index contributed by atoms with van der Waals surface area (Å²) < 4.78 is 5.03. The molecule has 90 valence electrons. The van der Waals surface area contributed by atoms with E-state index in [1.165, 1.54) is 17.6 Å². The first-order chi connectivity index (χ1) is 8.18. The maximum Gasteiger partial charge on any atom is 0.263 e. The molecule has 0 radical (unpaired) electrons. The fourth-order valence-electron chi connectivity index (χ4n) is 1.37. The molecule has 0 bridgehead atoms. The Kier molecular flexibility index (Phi) is 3.55. The number of nitrogens with zero attached hydrogens (tertiary/aromatic N) is 1. The first kappa shape index (κ1) is 11.8. The topological polar surface area (TPSA) is 75.4 Å². The van der Waals surface area contributed by atoms with Gasteiger partial charge in [-0.2, -0.15) is 0 Å². The van der Waals surface area contributed by atoms with Crippen LogP contribution >= 0.6 is 11.3 Å². The minimum absolute atomic E-state index is 0.115. The standard InChI is InChI=1S/C11H12N2O3S/c1-7-10(17-6-13-7)11(15)12-5-8(14)9-3-2-4-16-9/h2-4,6,8,14H,5H2,1H3,(H,12,15). The number of carbonyl (C=O) groups is 1. The number of furan rings is 1. The van der Waals surface area contributed by atoms with Crippen LogP contribution in [0.4, 0.5) is 0 Å². The highest BCUT2D eigenvalue weighted by atomic mass is 32.1. The molecule has 2 N–H and O–H groups in total. The van der Waals surface area contributed by atoms with Crippen molar-refractivity contribution >= 4 is 17.2 Å². The van der Waals surface area contributed by atoms with Crippen molar-refractivity contribution < 1.29 is 14.3 Å². The largest absolute Gasteiger partial charge is 0.467 e. The van der Waals surface area contributed by atoms with Gasteiger partial charge < -0.3 is 14.8 Å². The number of aliphatic hydroxyl groups is 1. The smallest absolute Gasteiger partial charge is 0.263 e. The maximum absolute atomic E-state index is 11.7. The van der Waals surface area contributed by atoms with Crippen molar-refractivity contribution in [3.8, 4) is 0 Å². The van der Waals surface area contributed by atoms with Crippen molar-refractivity contribution in [2.45, 2.75) is 13.0 Å². The second-order valence-electron chi connectivity index (χ2n) is 3.51. The van der Waals surface area contributed by atoms with Gasteiger partial charge in [-0.1, -0.05) is 0 Å². The van der Waals surface area contributed by atoms with Gasteiger partial charge in [-0.05, 0) is 19.1 Å². The molecule has 0 aliphatic rings. The molecule has 6 heteroatoms. The van der Waals surface area contributed by atoms with Gasteiger partial charge in [0.15, 0.2) is 0 Å². The van der Waals surface area contributed by atoms with Gasteiger partial charge in [0.05, 0.1) is 24.0 Å². The van der Waals surface area contributed by atoms with Gasteiger partial charge in [-0.3, -0.25) is 4.79 Å². The lowest BCUT2D eigenvalue weighted by Gasteiger charge is -2.08. The molecule has 0 saturated carbocycles. The predicted octanol–water partition coefficient (Wildman–Crippen LogP) is 1.51. The van der Waals surface area contributed by atoms with Gasteiger partial charge >= 0.3 is 0 Å². The molecule has 1 unspecified atom stereocenters. The molecular weight excluding hydrogens is 240 g/mol. The number of thiazole rings is 1. The van der Waals surface area contributed by atoms with E-state index in [1.54, 1.807) is 24.6 Å². The van der Waals surface area contributed by atoms with Crippen LogP contribution in [0.5, 0.6) is 0 Å². The average molecular weight is 252 g/mol. The molecule has 2 aromatic rings. The summed E-state index contributed by atoms with van der Waals surface area (Å²) in [7, 11) is 0. The van der Waals surface area contributed by atoms with E-state index >= 15 is 0 Å². The van der Waals surface area contributed by atoms with Crippen molar-refractivity contribution in [2.75, 3.05) is 6.54 Å². The summed E-state index contributed by atoms with van der Waals surface area (Å²) in [4.78, 5) is 16.3. The van der Waals surface area contributed by atoms with E-state index in [4.69, 9.17) is 4.42 Å². The minimum Gasteiger partial charge on any atom is -0.467 e. The summed E-state index contributed by atoms with van der Waals surface area (Å²) in [5.41, 5.74) is 2.31. The van der Waals surface area contributed by atoms with Gasteiger partial charge in [-0.25, -0.2) is 4.98 Å². The summed E-state index contributed by atoms with van der Waals surface area (Å²) >= 11 is 1.28. The van der Waals surface area contributed by atoms with Crippen LogP contribution in [-0.2, 0) is 0 Å². The zero-order valence-electron chi connectivity index (χ0n) is 9.21. The third-order valence-corrected chi connectivity index (χ3v) is 3.21. The Balaban J connectivity index is 1.91. The van der Waals surface area contributed by atoms with Crippen LogP contribution in [0, 0.1) is 6.92 Å². The molecule has 1 atom stereocenters. The van der Waals surface area contributed by atoms with Crippen LogP contribution in [0.2, 0.25) is 0 Å². The number of nitrogens with one attached hydrogen (secondary N) is 1. The number of hydrogen-bond acceptors (Lipinski definition) is 5. The maximum atomic E-state index is 11.7. The summed E-state index contributed by atoms with van der Waals surface area (Å²) in [5, 5.41) is 12.3. The SMILES string of the molecule is Cc1ncsc1C(=O)NCC(O)c1ccco1. The van der Waals surface area contributed by atoms with Crippen LogP contribution in [0.15, 0.2) is 28.3 Å². The second kappa shape index (κ2) is 5.11. The quantitative estimate of drug-likeness (QED) is 0.864. The first-order valence-electron chi connectivity index (χ1n) is 5.08. The lowest BCUT2D eigenvalue weighted by Crippen LogP contribution is -2.28. The lowest BCUT2D eigenvalue weighted by molar-refractivity contribution is 0.0904. The van der Waals surface area contributed by atoms with Crippen molar-refractivity contribution in [2.24, 2.45) is 0 Å². The molecular formula is C11H12N2O3S. The molecule has 0 aliphatic heterocycles. The highest BCUT2D eigenvalue weighted by Crippen LogP contribution is 2.14. The predicted molar refractivity (Wildman–Crippen MR) is 62.9 cm³/mol. The van der Waals surface area contributed by atoms with E-state index in [9.17, 15) is 9.90 Å². The van der Waals surface area contributed by atoms with Crippen LogP contribution < -0.4 is 5.32 Å². The Morgan fingerprint density at radius 2 is 2.53 bits per heavy atom. The molecule has 5 nitrogen and oxygen atoms in total. The van der Waals surface area contributed by atoms with Crippen molar-refractivity contribution in [1.29, 1.82) is 0 Å². The first-order valence-corrected chi connectivity index (χ1v) is 5.96. The van der Waals surface area contributed by atoms with Gasteiger partial charge in [-0.15, -0.1) is 11.3 Å². The van der Waals surface area contributed by atoms with E-state index in [0.29, 0.717) is 16.3 Å². The summed E-state index contributed by atoms with van der Waals surface area (Å²) in [6.45, 7) is 1.89. The van der Waals surface area contributed by atoms with E-state index < -0.39 is 6.10 Å². The number of carbonyl (C=O) groups excluding carboxylic acids is 1. The molecule has 2 rings (SSSR count). The normalized spacial score (nSPS) is 12.4. The van der Waals surface area contributed by atoms with Crippen molar-refractivity contribution in [3.63, 3.8) is 0 Å². The number of amides is 1. The Bertz CT molecular complexity index is 493. The molecule has 2 heterocycles. The fraction of sp³-hybridized carbons (Fsp3) is 0.273. The Labute approximate surface area is 102 Å². The Morgan fingerprint density at radius 1 is 1.71 bits per heavy atom. The molecule has 0 fully saturated rings. The van der Waals surface area contributed by atoms with Gasteiger partial charge in [0.25, 0.3) is 5.91 Å². The van der Waals surface area contributed by atoms with E-state index in [-0.39, 0.29) is 12.5 Å². The van der Waals surface area contributed by atoms with Crippen LogP contribution in [0.25, 0.3) is 0 Å². The molecule has 0 aromatic carbocycles. The minimum atomic E-state index is -0.831. The van der Waals surface area contributed by atoms with Crippen LogP contribution in [0.1, 0.15) is 27.2 Å². The van der Waals surface area contributed by atoms with E-state index in [1.807, 2.05) is 0 Å². The number of hydrogen-bond donors (Lipinski definition) is 2. The second-order valence-corrected chi connectivity index (χ2v) is 4.36. The highest BCUT2D eigenvalue weighted by Gasteiger charge is 2.15. The van der Waals surface area contributed by atoms with Gasteiger partial charge in [0, 0.05) is 0 Å². The van der Waals surface area contributed by atoms with Crippen LogP contribution in [0.3, 0.4) is 0 Å². The summed E-state index contributed by atoms with van der Waals surface area (Å²) in [6, 6.07) is 3.35. The molecule has 0 saturated heterocycles. The Morgan fingerprint density at radius 3 is 3.12 bits per heavy atom.